The minimum absolute atomic E-state index is 0.159. The summed E-state index contributed by atoms with van der Waals surface area (Å²) in [5, 5.41) is 13.8. The normalized spacial score (nSPS) is 30.2. The molecule has 3 saturated heterocycles. The second-order valence-corrected chi connectivity index (χ2v) is 6.06. The molecule has 3 aliphatic heterocycles. The average molecular weight is 276 g/mol. The van der Waals surface area contributed by atoms with Gasteiger partial charge in [-0.3, -0.25) is 0 Å². The Bertz CT molecular complexity index is 470. The van der Waals surface area contributed by atoms with E-state index < -0.39 is 0 Å². The molecule has 4 heteroatoms. The van der Waals surface area contributed by atoms with E-state index in [1.54, 1.807) is 13.2 Å². The van der Waals surface area contributed by atoms with Crippen molar-refractivity contribution in [2.45, 2.75) is 31.8 Å². The topological polar surface area (TPSA) is 44.7 Å². The summed E-state index contributed by atoms with van der Waals surface area (Å²) in [5.41, 5.74) is 0.947. The number of fused-ring (bicyclic) bond motifs is 3. The highest BCUT2D eigenvalue weighted by Gasteiger charge is 2.34. The summed E-state index contributed by atoms with van der Waals surface area (Å²) in [7, 11) is 1.61. The van der Waals surface area contributed by atoms with Gasteiger partial charge < -0.3 is 20.1 Å². The highest BCUT2D eigenvalue weighted by Crippen LogP contribution is 2.32. The molecule has 2 atom stereocenters. The Morgan fingerprint density at radius 1 is 1.35 bits per heavy atom. The molecule has 0 radical (unpaired) electrons. The van der Waals surface area contributed by atoms with E-state index in [-0.39, 0.29) is 6.04 Å². The zero-order chi connectivity index (χ0) is 14.1. The van der Waals surface area contributed by atoms with E-state index in [1.165, 1.54) is 25.9 Å². The molecule has 0 aliphatic carbocycles. The molecule has 0 aromatic heterocycles. The van der Waals surface area contributed by atoms with Gasteiger partial charge in [0.25, 0.3) is 0 Å². The maximum atomic E-state index is 10.1. The van der Waals surface area contributed by atoms with Gasteiger partial charge in [0.05, 0.1) is 7.11 Å². The van der Waals surface area contributed by atoms with E-state index in [9.17, 15) is 5.11 Å². The lowest BCUT2D eigenvalue weighted by molar-refractivity contribution is 0.0679. The van der Waals surface area contributed by atoms with Gasteiger partial charge in [-0.25, -0.2) is 0 Å². The number of nitrogens with zero attached hydrogens (tertiary/aromatic N) is 1. The maximum absolute atomic E-state index is 10.1. The van der Waals surface area contributed by atoms with Crippen LogP contribution >= 0.6 is 0 Å². The molecular weight excluding hydrogens is 252 g/mol. The Morgan fingerprint density at radius 3 is 2.65 bits per heavy atom. The highest BCUT2D eigenvalue weighted by molar-refractivity contribution is 5.41. The third-order valence-corrected chi connectivity index (χ3v) is 4.82. The molecule has 0 spiro atoms. The minimum atomic E-state index is 0.159. The number of phenolic OH excluding ortho intramolecular Hbond substituents is 1. The fraction of sp³-hybridized carbons (Fsp3) is 0.625. The molecular formula is C16H24N2O2. The van der Waals surface area contributed by atoms with Crippen molar-refractivity contribution in [3.05, 3.63) is 23.8 Å². The molecule has 20 heavy (non-hydrogen) atoms. The van der Waals surface area contributed by atoms with Crippen molar-refractivity contribution < 1.29 is 9.84 Å². The summed E-state index contributed by atoms with van der Waals surface area (Å²) in [6, 6.07) is 6.25. The summed E-state index contributed by atoms with van der Waals surface area (Å²) in [6.07, 6.45) is 2.61. The highest BCUT2D eigenvalue weighted by atomic mass is 16.5. The molecule has 2 unspecified atom stereocenters. The van der Waals surface area contributed by atoms with Gasteiger partial charge in [-0.15, -0.1) is 0 Å². The average Bonchev–Trinajstić information content (AvgIpc) is 2.48. The lowest BCUT2D eigenvalue weighted by Crippen LogP contribution is -2.56. The van der Waals surface area contributed by atoms with Gasteiger partial charge >= 0.3 is 0 Å². The maximum Gasteiger partial charge on any atom is 0.124 e. The van der Waals surface area contributed by atoms with Crippen LogP contribution in [0.25, 0.3) is 0 Å². The minimum Gasteiger partial charge on any atom is -0.507 e. The molecule has 1 aromatic carbocycles. The Morgan fingerprint density at radius 2 is 2.10 bits per heavy atom. The lowest BCUT2D eigenvalue weighted by atomic mass is 9.83. The summed E-state index contributed by atoms with van der Waals surface area (Å²) in [4.78, 5) is 2.54. The number of phenols is 1. The number of piperidine rings is 3. The first-order valence-electron chi connectivity index (χ1n) is 7.52. The smallest absolute Gasteiger partial charge is 0.124 e. The van der Waals surface area contributed by atoms with Crippen LogP contribution in [0.5, 0.6) is 11.5 Å². The van der Waals surface area contributed by atoms with Crippen molar-refractivity contribution in [2.75, 3.05) is 26.7 Å². The zero-order valence-corrected chi connectivity index (χ0v) is 12.3. The van der Waals surface area contributed by atoms with Crippen molar-refractivity contribution in [3.8, 4) is 11.5 Å². The van der Waals surface area contributed by atoms with Crippen molar-refractivity contribution in [2.24, 2.45) is 5.92 Å². The van der Waals surface area contributed by atoms with E-state index in [0.29, 0.717) is 17.5 Å². The van der Waals surface area contributed by atoms with Gasteiger partial charge in [-0.05, 0) is 44.8 Å². The second-order valence-electron chi connectivity index (χ2n) is 6.06. The van der Waals surface area contributed by atoms with Gasteiger partial charge in [0.1, 0.15) is 11.5 Å². The Kier molecular flexibility index (Phi) is 3.85. The van der Waals surface area contributed by atoms with E-state index in [2.05, 4.69) is 17.1 Å². The number of hydrogen-bond acceptors (Lipinski definition) is 4. The fourth-order valence-corrected chi connectivity index (χ4v) is 3.58. The first-order valence-corrected chi connectivity index (χ1v) is 7.52. The van der Waals surface area contributed by atoms with Crippen LogP contribution < -0.4 is 10.1 Å². The van der Waals surface area contributed by atoms with Crippen LogP contribution in [-0.4, -0.2) is 42.8 Å². The van der Waals surface area contributed by atoms with Crippen LogP contribution in [0.4, 0.5) is 0 Å². The van der Waals surface area contributed by atoms with Crippen LogP contribution in [0, 0.1) is 5.92 Å². The molecule has 2 N–H and O–H groups in total. The zero-order valence-electron chi connectivity index (χ0n) is 12.3. The van der Waals surface area contributed by atoms with Crippen molar-refractivity contribution in [1.82, 2.24) is 10.2 Å². The number of rotatable bonds is 4. The first-order chi connectivity index (χ1) is 9.67. The van der Waals surface area contributed by atoms with Crippen LogP contribution in [-0.2, 0) is 0 Å². The quantitative estimate of drug-likeness (QED) is 0.884. The summed E-state index contributed by atoms with van der Waals surface area (Å²) < 4.78 is 5.13. The van der Waals surface area contributed by atoms with Gasteiger partial charge in [0, 0.05) is 30.3 Å². The molecule has 0 amide bonds. The van der Waals surface area contributed by atoms with Gasteiger partial charge in [0.15, 0.2) is 0 Å². The molecule has 3 heterocycles. The number of ether oxygens (including phenoxy) is 1. The van der Waals surface area contributed by atoms with Crippen LogP contribution in [0.1, 0.15) is 31.4 Å². The summed E-state index contributed by atoms with van der Waals surface area (Å²) in [5.74, 6) is 1.80. The van der Waals surface area contributed by atoms with Crippen molar-refractivity contribution >= 4 is 0 Å². The SMILES string of the molecule is COc1ccc(C(C)NC2CN3CCC2CC3)c(O)c1. The molecule has 3 aliphatic rings. The van der Waals surface area contributed by atoms with E-state index >= 15 is 0 Å². The first kappa shape index (κ1) is 13.7. The monoisotopic (exact) mass is 276 g/mol. The summed E-state index contributed by atoms with van der Waals surface area (Å²) >= 11 is 0. The molecule has 3 fully saturated rings. The number of hydrogen-bond donors (Lipinski definition) is 2. The predicted octanol–water partition coefficient (Wildman–Crippen LogP) is 2.15. The van der Waals surface area contributed by atoms with E-state index in [1.807, 2.05) is 12.1 Å². The largest absolute Gasteiger partial charge is 0.507 e. The standard InChI is InChI=1S/C16H24N2O2/c1-11(14-4-3-13(20-2)9-16(14)19)17-15-10-18-7-5-12(15)6-8-18/h3-4,9,11-12,15,17,19H,5-8,10H2,1-2H3. The second kappa shape index (κ2) is 5.62. The third-order valence-electron chi connectivity index (χ3n) is 4.82. The fourth-order valence-electron chi connectivity index (χ4n) is 3.58. The molecule has 1 aromatic rings. The molecule has 0 saturated carbocycles. The number of nitrogens with one attached hydrogen (secondary N) is 1. The van der Waals surface area contributed by atoms with Crippen LogP contribution in [0.3, 0.4) is 0 Å². The number of benzene rings is 1. The third kappa shape index (κ3) is 2.63. The molecule has 110 valence electrons. The van der Waals surface area contributed by atoms with Crippen LogP contribution in [0.15, 0.2) is 18.2 Å². The Labute approximate surface area is 120 Å². The number of methoxy groups -OCH3 is 1. The molecule has 4 rings (SSSR count). The van der Waals surface area contributed by atoms with Gasteiger partial charge in [-0.1, -0.05) is 6.07 Å². The van der Waals surface area contributed by atoms with E-state index in [4.69, 9.17) is 4.74 Å². The van der Waals surface area contributed by atoms with Crippen molar-refractivity contribution in [1.29, 1.82) is 0 Å². The lowest BCUT2D eigenvalue weighted by Gasteiger charge is -2.46. The molecule has 2 bridgehead atoms. The van der Waals surface area contributed by atoms with E-state index in [0.717, 1.165) is 18.0 Å². The van der Waals surface area contributed by atoms with Gasteiger partial charge in [0.2, 0.25) is 0 Å². The molecule has 4 nitrogen and oxygen atoms in total. The van der Waals surface area contributed by atoms with Crippen molar-refractivity contribution in [3.63, 3.8) is 0 Å². The predicted molar refractivity (Wildman–Crippen MR) is 79.2 cm³/mol. The van der Waals surface area contributed by atoms with Gasteiger partial charge in [-0.2, -0.15) is 0 Å². The Hall–Kier alpha value is -1.26. The Balaban J connectivity index is 1.68. The van der Waals surface area contributed by atoms with Crippen LogP contribution in [0.2, 0.25) is 0 Å². The number of aromatic hydroxyl groups is 1. The summed E-state index contributed by atoms with van der Waals surface area (Å²) in [6.45, 7) is 5.78.